The van der Waals surface area contributed by atoms with Crippen LogP contribution in [-0.4, -0.2) is 61.2 Å². The van der Waals surface area contributed by atoms with Crippen LogP contribution < -0.4 is 5.32 Å². The number of nitrogens with zero attached hydrogens (tertiary/aromatic N) is 1. The Morgan fingerprint density at radius 3 is 2.80 bits per heavy atom. The summed E-state index contributed by atoms with van der Waals surface area (Å²) < 4.78 is 10.2. The van der Waals surface area contributed by atoms with Gasteiger partial charge in [0, 0.05) is 30.4 Å². The molecule has 1 aromatic carbocycles. The summed E-state index contributed by atoms with van der Waals surface area (Å²) in [6, 6.07) is 5.21. The number of phenolic OH excluding ortho intramolecular Hbond substituents is 1. The van der Waals surface area contributed by atoms with Gasteiger partial charge in [0.05, 0.1) is 26.1 Å². The third-order valence-corrected chi connectivity index (χ3v) is 6.84. The van der Waals surface area contributed by atoms with Crippen LogP contribution in [0.2, 0.25) is 0 Å². The highest BCUT2D eigenvalue weighted by atomic mass is 16.5. The number of piperidine rings is 1. The van der Waals surface area contributed by atoms with Gasteiger partial charge < -0.3 is 24.7 Å². The number of rotatable bonds is 7. The van der Waals surface area contributed by atoms with Crippen LogP contribution in [0, 0.1) is 18.8 Å². The lowest BCUT2D eigenvalue weighted by Gasteiger charge is -2.45. The van der Waals surface area contributed by atoms with Crippen molar-refractivity contribution in [2.75, 3.05) is 32.6 Å². The van der Waals surface area contributed by atoms with Gasteiger partial charge in [-0.2, -0.15) is 0 Å². The molecule has 7 heteroatoms. The number of aldehydes is 1. The van der Waals surface area contributed by atoms with E-state index in [0.717, 1.165) is 31.5 Å². The summed E-state index contributed by atoms with van der Waals surface area (Å²) in [7, 11) is 2.90. The second kappa shape index (κ2) is 9.08. The number of hydrogen-bond donors (Lipinski definition) is 2. The number of carbonyl (C=O) groups excluding carboxylic acids is 2. The van der Waals surface area contributed by atoms with Crippen molar-refractivity contribution in [2.24, 2.45) is 11.8 Å². The standard InChI is InChI=1S/C23H32N2O5/c1-5-16-12-25-10-9-23(14-26,24-19-7-6-8-20(27)15(19)2)21(25)11-17(16)18(13-29-3)22(28)30-4/h6-8,13-14,16-17,21,24,27H,5,9-12H2,1-4H3/b18-13+/t16-,17+,21?,23-/m1/s1. The Balaban J connectivity index is 1.95. The summed E-state index contributed by atoms with van der Waals surface area (Å²) in [6.07, 6.45) is 4.72. The number of aromatic hydroxyl groups is 1. The number of benzene rings is 1. The highest BCUT2D eigenvalue weighted by molar-refractivity contribution is 5.88. The maximum absolute atomic E-state index is 12.5. The van der Waals surface area contributed by atoms with E-state index in [1.165, 1.54) is 20.5 Å². The zero-order valence-electron chi connectivity index (χ0n) is 18.2. The predicted molar refractivity (Wildman–Crippen MR) is 114 cm³/mol. The van der Waals surface area contributed by atoms with Crippen LogP contribution in [-0.2, 0) is 19.1 Å². The molecular weight excluding hydrogens is 384 g/mol. The molecule has 2 saturated heterocycles. The lowest BCUT2D eigenvalue weighted by molar-refractivity contribution is -0.137. The van der Waals surface area contributed by atoms with Crippen LogP contribution in [0.3, 0.4) is 0 Å². The Labute approximate surface area is 178 Å². The van der Waals surface area contributed by atoms with Crippen LogP contribution in [0.1, 0.15) is 31.7 Å². The minimum absolute atomic E-state index is 0.0619. The lowest BCUT2D eigenvalue weighted by Crippen LogP contribution is -2.56. The number of ether oxygens (including phenoxy) is 2. The van der Waals surface area contributed by atoms with Crippen LogP contribution in [0.5, 0.6) is 5.75 Å². The SMILES string of the molecule is CC[C@@H]1CN2CC[C@](C=O)(Nc3cccc(O)c3C)C2C[C@@H]1/C(=C\OC)C(=O)OC. The van der Waals surface area contributed by atoms with Gasteiger partial charge in [-0.05, 0) is 43.7 Å². The number of anilines is 1. The molecule has 0 aliphatic carbocycles. The molecule has 164 valence electrons. The van der Waals surface area contributed by atoms with Gasteiger partial charge in [-0.3, -0.25) is 4.90 Å². The van der Waals surface area contributed by atoms with Gasteiger partial charge in [-0.25, -0.2) is 4.79 Å². The molecule has 0 bridgehead atoms. The Bertz CT molecular complexity index is 824. The number of carbonyl (C=O) groups is 2. The molecule has 2 aliphatic rings. The van der Waals surface area contributed by atoms with E-state index in [9.17, 15) is 14.7 Å². The van der Waals surface area contributed by atoms with Gasteiger partial charge in [-0.1, -0.05) is 19.4 Å². The highest BCUT2D eigenvalue weighted by Gasteiger charge is 2.53. The number of phenols is 1. The van der Waals surface area contributed by atoms with Gasteiger partial charge in [0.25, 0.3) is 0 Å². The van der Waals surface area contributed by atoms with Crippen LogP contribution in [0.4, 0.5) is 5.69 Å². The lowest BCUT2D eigenvalue weighted by atomic mass is 9.73. The summed E-state index contributed by atoms with van der Waals surface area (Å²) in [5, 5.41) is 13.5. The van der Waals surface area contributed by atoms with Crippen molar-refractivity contribution in [1.82, 2.24) is 4.90 Å². The van der Waals surface area contributed by atoms with Crippen LogP contribution in [0.25, 0.3) is 0 Å². The third-order valence-electron chi connectivity index (χ3n) is 6.84. The molecule has 1 aromatic rings. The van der Waals surface area contributed by atoms with E-state index in [2.05, 4.69) is 17.1 Å². The molecule has 4 atom stereocenters. The smallest absolute Gasteiger partial charge is 0.337 e. The highest BCUT2D eigenvalue weighted by Crippen LogP contribution is 2.44. The molecule has 2 N–H and O–H groups in total. The molecule has 2 heterocycles. The Morgan fingerprint density at radius 2 is 2.17 bits per heavy atom. The Morgan fingerprint density at radius 1 is 1.40 bits per heavy atom. The third kappa shape index (κ3) is 3.90. The maximum Gasteiger partial charge on any atom is 0.337 e. The van der Waals surface area contributed by atoms with Gasteiger partial charge in [0.15, 0.2) is 0 Å². The van der Waals surface area contributed by atoms with Crippen molar-refractivity contribution in [1.29, 1.82) is 0 Å². The van der Waals surface area contributed by atoms with E-state index in [0.29, 0.717) is 24.0 Å². The van der Waals surface area contributed by atoms with Crippen molar-refractivity contribution < 1.29 is 24.2 Å². The van der Waals surface area contributed by atoms with Crippen molar-refractivity contribution >= 4 is 17.9 Å². The quantitative estimate of drug-likeness (QED) is 0.306. The monoisotopic (exact) mass is 416 g/mol. The first-order valence-electron chi connectivity index (χ1n) is 10.5. The van der Waals surface area contributed by atoms with Crippen LogP contribution >= 0.6 is 0 Å². The zero-order chi connectivity index (χ0) is 21.9. The van der Waals surface area contributed by atoms with Gasteiger partial charge in [-0.15, -0.1) is 0 Å². The summed E-state index contributed by atoms with van der Waals surface area (Å²) in [5.41, 5.74) is 1.19. The molecular formula is C23H32N2O5. The number of fused-ring (bicyclic) bond motifs is 1. The van der Waals surface area contributed by atoms with E-state index >= 15 is 0 Å². The molecule has 0 spiro atoms. The number of nitrogens with one attached hydrogen (secondary N) is 1. The van der Waals surface area contributed by atoms with Crippen molar-refractivity contribution in [2.45, 2.75) is 44.7 Å². The fourth-order valence-corrected chi connectivity index (χ4v) is 5.06. The molecule has 2 aliphatic heterocycles. The summed E-state index contributed by atoms with van der Waals surface area (Å²) in [5.74, 6) is 0.0135. The number of esters is 1. The van der Waals surface area contributed by atoms with Crippen LogP contribution in [0.15, 0.2) is 30.0 Å². The molecule has 1 unspecified atom stereocenters. The number of methoxy groups -OCH3 is 2. The first-order chi connectivity index (χ1) is 14.4. The van der Waals surface area contributed by atoms with Gasteiger partial charge >= 0.3 is 5.97 Å². The maximum atomic E-state index is 12.5. The molecule has 0 radical (unpaired) electrons. The topological polar surface area (TPSA) is 88.1 Å². The number of hydrogen-bond acceptors (Lipinski definition) is 7. The second-order valence-electron chi connectivity index (χ2n) is 8.30. The van der Waals surface area contributed by atoms with E-state index < -0.39 is 5.54 Å². The van der Waals surface area contributed by atoms with E-state index in [-0.39, 0.29) is 29.6 Å². The molecule has 0 saturated carbocycles. The molecule has 0 aromatic heterocycles. The van der Waals surface area contributed by atoms with Gasteiger partial charge in [0.1, 0.15) is 17.6 Å². The minimum Gasteiger partial charge on any atom is -0.508 e. The van der Waals surface area contributed by atoms with Crippen molar-refractivity contribution in [3.05, 3.63) is 35.6 Å². The first-order valence-corrected chi connectivity index (χ1v) is 10.5. The van der Waals surface area contributed by atoms with Gasteiger partial charge in [0.2, 0.25) is 0 Å². The average Bonchev–Trinajstić information content (AvgIpc) is 3.11. The fourth-order valence-electron chi connectivity index (χ4n) is 5.06. The molecule has 0 amide bonds. The van der Waals surface area contributed by atoms with E-state index in [1.807, 2.05) is 13.0 Å². The largest absolute Gasteiger partial charge is 0.508 e. The summed E-state index contributed by atoms with van der Waals surface area (Å²) >= 11 is 0. The Kier molecular flexibility index (Phi) is 6.71. The predicted octanol–water partition coefficient (Wildman–Crippen LogP) is 2.87. The average molecular weight is 417 g/mol. The summed E-state index contributed by atoms with van der Waals surface area (Å²) in [4.78, 5) is 27.3. The molecule has 7 nitrogen and oxygen atoms in total. The van der Waals surface area contributed by atoms with Crippen molar-refractivity contribution in [3.63, 3.8) is 0 Å². The van der Waals surface area contributed by atoms with E-state index in [4.69, 9.17) is 9.47 Å². The normalized spacial score (nSPS) is 29.2. The molecule has 3 rings (SSSR count). The first kappa shape index (κ1) is 22.2. The Hall–Kier alpha value is -2.54. The zero-order valence-corrected chi connectivity index (χ0v) is 18.2. The minimum atomic E-state index is -0.788. The molecule has 30 heavy (non-hydrogen) atoms. The fraction of sp³-hybridized carbons (Fsp3) is 0.565. The second-order valence-corrected chi connectivity index (χ2v) is 8.30. The van der Waals surface area contributed by atoms with Crippen molar-refractivity contribution in [3.8, 4) is 5.75 Å². The molecule has 2 fully saturated rings. The summed E-state index contributed by atoms with van der Waals surface area (Å²) in [6.45, 7) is 5.56. The van der Waals surface area contributed by atoms with E-state index in [1.54, 1.807) is 12.1 Å².